The van der Waals surface area contributed by atoms with Gasteiger partial charge in [-0.2, -0.15) is 0 Å². The standard InChI is InChI=1S/C17H20BrNO2/c1-11(2)7-16(10-20)19-17(21)14-4-3-13-9-15(18)6-5-12(13)8-14/h3-6,8-9,11,16,20H,7,10H2,1-2H3,(H,19,21). The summed E-state index contributed by atoms with van der Waals surface area (Å²) >= 11 is 3.44. The van der Waals surface area contributed by atoms with Crippen molar-refractivity contribution in [1.82, 2.24) is 5.32 Å². The predicted molar refractivity (Wildman–Crippen MR) is 89.4 cm³/mol. The second-order valence-electron chi connectivity index (χ2n) is 5.69. The molecule has 2 rings (SSSR count). The van der Waals surface area contributed by atoms with Crippen molar-refractivity contribution >= 4 is 32.6 Å². The molecule has 0 aliphatic heterocycles. The van der Waals surface area contributed by atoms with Gasteiger partial charge in [-0.25, -0.2) is 0 Å². The van der Waals surface area contributed by atoms with Crippen LogP contribution in [0.3, 0.4) is 0 Å². The van der Waals surface area contributed by atoms with Crippen molar-refractivity contribution in [1.29, 1.82) is 0 Å². The number of amides is 1. The van der Waals surface area contributed by atoms with Crippen LogP contribution in [-0.4, -0.2) is 23.7 Å². The number of benzene rings is 2. The molecule has 1 atom stereocenters. The molecule has 4 heteroatoms. The van der Waals surface area contributed by atoms with E-state index in [2.05, 4.69) is 35.1 Å². The van der Waals surface area contributed by atoms with Crippen LogP contribution in [0.5, 0.6) is 0 Å². The van der Waals surface area contributed by atoms with Gasteiger partial charge < -0.3 is 10.4 Å². The molecular formula is C17H20BrNO2. The lowest BCUT2D eigenvalue weighted by Crippen LogP contribution is -2.38. The summed E-state index contributed by atoms with van der Waals surface area (Å²) in [5, 5.41) is 14.4. The number of fused-ring (bicyclic) bond motifs is 1. The fourth-order valence-electron chi connectivity index (χ4n) is 2.37. The second-order valence-corrected chi connectivity index (χ2v) is 6.60. The molecule has 0 aromatic heterocycles. The van der Waals surface area contributed by atoms with Crippen LogP contribution < -0.4 is 5.32 Å². The Labute approximate surface area is 133 Å². The first-order valence-electron chi connectivity index (χ1n) is 7.10. The van der Waals surface area contributed by atoms with Crippen LogP contribution in [0.2, 0.25) is 0 Å². The summed E-state index contributed by atoms with van der Waals surface area (Å²) in [6, 6.07) is 11.4. The van der Waals surface area contributed by atoms with E-state index in [-0.39, 0.29) is 18.6 Å². The molecule has 0 aliphatic rings. The summed E-state index contributed by atoms with van der Waals surface area (Å²) in [6.07, 6.45) is 0.767. The summed E-state index contributed by atoms with van der Waals surface area (Å²) < 4.78 is 1.02. The third-order valence-electron chi connectivity index (χ3n) is 3.38. The summed E-state index contributed by atoms with van der Waals surface area (Å²) in [7, 11) is 0. The first-order valence-corrected chi connectivity index (χ1v) is 7.90. The van der Waals surface area contributed by atoms with Crippen molar-refractivity contribution in [2.45, 2.75) is 26.3 Å². The molecule has 3 nitrogen and oxygen atoms in total. The summed E-state index contributed by atoms with van der Waals surface area (Å²) in [6.45, 7) is 4.11. The summed E-state index contributed by atoms with van der Waals surface area (Å²) in [4.78, 5) is 12.3. The number of carbonyl (C=O) groups excluding carboxylic acids is 1. The number of aliphatic hydroxyl groups excluding tert-OH is 1. The molecule has 1 amide bonds. The minimum Gasteiger partial charge on any atom is -0.394 e. The van der Waals surface area contributed by atoms with E-state index in [4.69, 9.17) is 0 Å². The SMILES string of the molecule is CC(C)CC(CO)NC(=O)c1ccc2cc(Br)ccc2c1. The molecule has 21 heavy (non-hydrogen) atoms. The molecule has 2 N–H and O–H groups in total. The molecule has 0 saturated carbocycles. The number of hydrogen-bond donors (Lipinski definition) is 2. The van der Waals surface area contributed by atoms with Crippen molar-refractivity contribution in [3.63, 3.8) is 0 Å². The van der Waals surface area contributed by atoms with E-state index in [0.717, 1.165) is 21.7 Å². The highest BCUT2D eigenvalue weighted by Gasteiger charge is 2.14. The molecule has 0 saturated heterocycles. The van der Waals surface area contributed by atoms with Gasteiger partial charge in [0.15, 0.2) is 0 Å². The lowest BCUT2D eigenvalue weighted by atomic mass is 10.0. The number of aliphatic hydroxyl groups is 1. The Hall–Kier alpha value is -1.39. The Balaban J connectivity index is 2.17. The van der Waals surface area contributed by atoms with Gasteiger partial charge in [-0.05, 0) is 47.4 Å². The van der Waals surface area contributed by atoms with E-state index >= 15 is 0 Å². The predicted octanol–water partition coefficient (Wildman–Crippen LogP) is 3.74. The molecule has 1 unspecified atom stereocenters. The summed E-state index contributed by atoms with van der Waals surface area (Å²) in [5.74, 6) is 0.288. The van der Waals surface area contributed by atoms with Crippen LogP contribution in [0, 0.1) is 5.92 Å². The Kier molecular flexibility index (Phi) is 5.37. The zero-order valence-corrected chi connectivity index (χ0v) is 13.9. The maximum absolute atomic E-state index is 12.3. The quantitative estimate of drug-likeness (QED) is 0.863. The second kappa shape index (κ2) is 7.05. The number of halogens is 1. The van der Waals surface area contributed by atoms with Gasteiger partial charge in [-0.1, -0.05) is 41.9 Å². The average Bonchev–Trinajstić information content (AvgIpc) is 2.45. The molecule has 0 radical (unpaired) electrons. The van der Waals surface area contributed by atoms with Gasteiger partial charge in [-0.15, -0.1) is 0 Å². The molecule has 2 aromatic carbocycles. The van der Waals surface area contributed by atoms with Crippen LogP contribution in [0.1, 0.15) is 30.6 Å². The van der Waals surface area contributed by atoms with Crippen LogP contribution in [0.25, 0.3) is 10.8 Å². The van der Waals surface area contributed by atoms with Crippen molar-refractivity contribution in [2.24, 2.45) is 5.92 Å². The van der Waals surface area contributed by atoms with Crippen LogP contribution >= 0.6 is 15.9 Å². The number of nitrogens with one attached hydrogen (secondary N) is 1. The average molecular weight is 350 g/mol. The van der Waals surface area contributed by atoms with Crippen molar-refractivity contribution in [2.75, 3.05) is 6.61 Å². The van der Waals surface area contributed by atoms with Crippen molar-refractivity contribution in [3.05, 3.63) is 46.4 Å². The first kappa shape index (κ1) is 16.0. The minimum absolute atomic E-state index is 0.0373. The van der Waals surface area contributed by atoms with Gasteiger partial charge >= 0.3 is 0 Å². The van der Waals surface area contributed by atoms with E-state index in [1.807, 2.05) is 36.4 Å². The Morgan fingerprint density at radius 2 is 1.86 bits per heavy atom. The fourth-order valence-corrected chi connectivity index (χ4v) is 2.75. The van der Waals surface area contributed by atoms with E-state index in [1.54, 1.807) is 0 Å². The van der Waals surface area contributed by atoms with Crippen molar-refractivity contribution < 1.29 is 9.90 Å². The third kappa shape index (κ3) is 4.29. The molecule has 0 aliphatic carbocycles. The highest BCUT2D eigenvalue weighted by Crippen LogP contribution is 2.21. The summed E-state index contributed by atoms with van der Waals surface area (Å²) in [5.41, 5.74) is 0.618. The van der Waals surface area contributed by atoms with Crippen LogP contribution in [0.15, 0.2) is 40.9 Å². The van der Waals surface area contributed by atoms with Crippen LogP contribution in [-0.2, 0) is 0 Å². The first-order chi connectivity index (χ1) is 9.99. The molecule has 0 bridgehead atoms. The Morgan fingerprint density at radius 1 is 1.19 bits per heavy atom. The molecular weight excluding hydrogens is 330 g/mol. The maximum Gasteiger partial charge on any atom is 0.251 e. The maximum atomic E-state index is 12.3. The number of rotatable bonds is 5. The van der Waals surface area contributed by atoms with Gasteiger partial charge in [0.25, 0.3) is 5.91 Å². The lowest BCUT2D eigenvalue weighted by molar-refractivity contribution is 0.0908. The Bertz CT molecular complexity index is 640. The van der Waals surface area contributed by atoms with E-state index in [9.17, 15) is 9.90 Å². The van der Waals surface area contributed by atoms with Gasteiger partial charge in [0, 0.05) is 10.0 Å². The largest absolute Gasteiger partial charge is 0.394 e. The fraction of sp³-hybridized carbons (Fsp3) is 0.353. The topological polar surface area (TPSA) is 49.3 Å². The van der Waals surface area contributed by atoms with Gasteiger partial charge in [0.05, 0.1) is 12.6 Å². The van der Waals surface area contributed by atoms with E-state index < -0.39 is 0 Å². The molecule has 0 heterocycles. The van der Waals surface area contributed by atoms with E-state index in [1.165, 1.54) is 0 Å². The molecule has 0 fully saturated rings. The highest BCUT2D eigenvalue weighted by atomic mass is 79.9. The lowest BCUT2D eigenvalue weighted by Gasteiger charge is -2.18. The Morgan fingerprint density at radius 3 is 2.52 bits per heavy atom. The van der Waals surface area contributed by atoms with Crippen LogP contribution in [0.4, 0.5) is 0 Å². The monoisotopic (exact) mass is 349 g/mol. The number of hydrogen-bond acceptors (Lipinski definition) is 2. The molecule has 2 aromatic rings. The zero-order chi connectivity index (χ0) is 15.4. The van der Waals surface area contributed by atoms with Gasteiger partial charge in [0.2, 0.25) is 0 Å². The molecule has 112 valence electrons. The third-order valence-corrected chi connectivity index (χ3v) is 3.87. The van der Waals surface area contributed by atoms with Gasteiger partial charge in [-0.3, -0.25) is 4.79 Å². The number of carbonyl (C=O) groups is 1. The van der Waals surface area contributed by atoms with Gasteiger partial charge in [0.1, 0.15) is 0 Å². The van der Waals surface area contributed by atoms with Crippen molar-refractivity contribution in [3.8, 4) is 0 Å². The molecule has 0 spiro atoms. The minimum atomic E-state index is -0.196. The normalized spacial score (nSPS) is 12.6. The smallest absolute Gasteiger partial charge is 0.251 e. The zero-order valence-electron chi connectivity index (χ0n) is 12.3. The highest BCUT2D eigenvalue weighted by molar-refractivity contribution is 9.10. The van der Waals surface area contributed by atoms with E-state index in [0.29, 0.717) is 11.5 Å².